The predicted molar refractivity (Wildman–Crippen MR) is 115 cm³/mol. The summed E-state index contributed by atoms with van der Waals surface area (Å²) >= 11 is 0. The summed E-state index contributed by atoms with van der Waals surface area (Å²) in [7, 11) is -2.23. The number of esters is 1. The first kappa shape index (κ1) is 22.8. The van der Waals surface area contributed by atoms with Gasteiger partial charge in [0.1, 0.15) is 10.6 Å². The van der Waals surface area contributed by atoms with Crippen molar-refractivity contribution in [3.63, 3.8) is 0 Å². The third-order valence-corrected chi connectivity index (χ3v) is 7.31. The van der Waals surface area contributed by atoms with E-state index in [0.717, 1.165) is 32.1 Å². The highest BCUT2D eigenvalue weighted by atomic mass is 32.2. The molecule has 1 saturated carbocycles. The van der Waals surface area contributed by atoms with Crippen LogP contribution in [0.1, 0.15) is 42.5 Å². The van der Waals surface area contributed by atoms with Crippen molar-refractivity contribution in [2.45, 2.75) is 43.0 Å². The number of sulfonamides is 1. The van der Waals surface area contributed by atoms with E-state index in [4.69, 9.17) is 4.74 Å². The van der Waals surface area contributed by atoms with E-state index < -0.39 is 28.5 Å². The summed E-state index contributed by atoms with van der Waals surface area (Å²) in [5.74, 6) is -1.38. The average Bonchev–Trinajstić information content (AvgIpc) is 2.78. The van der Waals surface area contributed by atoms with Crippen LogP contribution in [0.5, 0.6) is 5.75 Å². The smallest absolute Gasteiger partial charge is 0.338 e. The third kappa shape index (κ3) is 5.62. The molecule has 166 valence electrons. The van der Waals surface area contributed by atoms with E-state index in [1.807, 2.05) is 0 Å². The van der Waals surface area contributed by atoms with Gasteiger partial charge in [-0.25, -0.2) is 13.2 Å². The van der Waals surface area contributed by atoms with Crippen molar-refractivity contribution >= 4 is 27.6 Å². The highest BCUT2D eigenvalue weighted by Crippen LogP contribution is 2.29. The maximum absolute atomic E-state index is 13.2. The number of carbonyl (C=O) groups is 2. The lowest BCUT2D eigenvalue weighted by atomic mass is 9.96. The molecule has 0 heterocycles. The van der Waals surface area contributed by atoms with Gasteiger partial charge in [0.05, 0.1) is 11.3 Å². The van der Waals surface area contributed by atoms with E-state index >= 15 is 0 Å². The Morgan fingerprint density at radius 3 is 2.39 bits per heavy atom. The Balaban J connectivity index is 1.67. The zero-order chi connectivity index (χ0) is 22.4. The highest BCUT2D eigenvalue weighted by molar-refractivity contribution is 7.89. The second-order valence-electron chi connectivity index (χ2n) is 7.48. The molecule has 2 aromatic carbocycles. The maximum Gasteiger partial charge on any atom is 0.338 e. The van der Waals surface area contributed by atoms with Gasteiger partial charge in [-0.15, -0.1) is 0 Å². The summed E-state index contributed by atoms with van der Waals surface area (Å²) in [6.45, 7) is -0.577. The summed E-state index contributed by atoms with van der Waals surface area (Å²) in [6.07, 6.45) is 4.74. The molecule has 0 saturated heterocycles. The number of para-hydroxylation sites is 1. The molecule has 2 aromatic rings. The number of amides is 1. The molecule has 0 spiro atoms. The van der Waals surface area contributed by atoms with Crippen LogP contribution >= 0.6 is 0 Å². The normalized spacial score (nSPS) is 14.9. The standard InChI is InChI=1S/C22H26N2O6S/c1-24(17-7-3-2-4-8-17)31(28,29)20-10-6-5-9-19(20)23-21(26)15-30-22(27)16-11-13-18(25)14-12-16/h5-6,9-14,17,25H,2-4,7-8,15H2,1H3,(H,23,26). The fraction of sp³-hybridized carbons (Fsp3) is 0.364. The van der Waals surface area contributed by atoms with Gasteiger partial charge in [-0.2, -0.15) is 4.31 Å². The van der Waals surface area contributed by atoms with Crippen molar-refractivity contribution in [1.29, 1.82) is 0 Å². The van der Waals surface area contributed by atoms with Crippen molar-refractivity contribution in [3.05, 3.63) is 54.1 Å². The molecule has 0 bridgehead atoms. The second-order valence-corrected chi connectivity index (χ2v) is 9.45. The number of phenolic OH excluding ortho intramolecular Hbond substituents is 1. The van der Waals surface area contributed by atoms with Gasteiger partial charge >= 0.3 is 5.97 Å². The van der Waals surface area contributed by atoms with Gasteiger partial charge in [0.2, 0.25) is 10.0 Å². The Bertz CT molecular complexity index is 1030. The number of hydrogen-bond acceptors (Lipinski definition) is 6. The molecule has 0 aromatic heterocycles. The quantitative estimate of drug-likeness (QED) is 0.632. The van der Waals surface area contributed by atoms with Crippen LogP contribution in [0.2, 0.25) is 0 Å². The molecule has 0 radical (unpaired) electrons. The van der Waals surface area contributed by atoms with Gasteiger partial charge in [0.15, 0.2) is 6.61 Å². The second kappa shape index (κ2) is 9.93. The SMILES string of the molecule is CN(C1CCCCC1)S(=O)(=O)c1ccccc1NC(=O)COC(=O)c1ccc(O)cc1. The van der Waals surface area contributed by atoms with E-state index in [9.17, 15) is 23.1 Å². The molecule has 31 heavy (non-hydrogen) atoms. The minimum atomic E-state index is -3.81. The number of benzene rings is 2. The molecule has 3 rings (SSSR count). The van der Waals surface area contributed by atoms with E-state index in [0.29, 0.717) is 0 Å². The van der Waals surface area contributed by atoms with Crippen molar-refractivity contribution in [2.75, 3.05) is 19.0 Å². The Labute approximate surface area is 181 Å². The molecule has 1 amide bonds. The zero-order valence-electron chi connectivity index (χ0n) is 17.3. The zero-order valence-corrected chi connectivity index (χ0v) is 18.1. The number of carbonyl (C=O) groups excluding carboxylic acids is 2. The van der Waals surface area contributed by atoms with Crippen molar-refractivity contribution in [3.8, 4) is 5.75 Å². The lowest BCUT2D eigenvalue weighted by Crippen LogP contribution is -2.38. The van der Waals surface area contributed by atoms with Crippen molar-refractivity contribution < 1.29 is 27.9 Å². The number of rotatable bonds is 7. The Morgan fingerprint density at radius 2 is 1.71 bits per heavy atom. The van der Waals surface area contributed by atoms with E-state index in [1.165, 1.54) is 40.7 Å². The number of nitrogens with zero attached hydrogens (tertiary/aromatic N) is 1. The fourth-order valence-corrected chi connectivity index (χ4v) is 5.15. The molecule has 1 fully saturated rings. The van der Waals surface area contributed by atoms with Gasteiger partial charge in [-0.05, 0) is 49.2 Å². The van der Waals surface area contributed by atoms with Crippen LogP contribution < -0.4 is 5.32 Å². The lowest BCUT2D eigenvalue weighted by Gasteiger charge is -2.30. The Morgan fingerprint density at radius 1 is 1.06 bits per heavy atom. The number of hydrogen-bond donors (Lipinski definition) is 2. The molecule has 0 aliphatic heterocycles. The van der Waals surface area contributed by atoms with Crippen LogP contribution in [0.4, 0.5) is 5.69 Å². The first-order valence-corrected chi connectivity index (χ1v) is 11.6. The van der Waals surface area contributed by atoms with Crippen LogP contribution in [0.3, 0.4) is 0 Å². The van der Waals surface area contributed by atoms with Crippen LogP contribution in [0.25, 0.3) is 0 Å². The Hall–Kier alpha value is -2.91. The van der Waals surface area contributed by atoms with Crippen molar-refractivity contribution in [1.82, 2.24) is 4.31 Å². The van der Waals surface area contributed by atoms with Gasteiger partial charge in [0, 0.05) is 13.1 Å². The van der Waals surface area contributed by atoms with E-state index in [2.05, 4.69) is 5.32 Å². The maximum atomic E-state index is 13.2. The third-order valence-electron chi connectivity index (χ3n) is 5.34. The van der Waals surface area contributed by atoms with Crippen LogP contribution in [0.15, 0.2) is 53.4 Å². The first-order chi connectivity index (χ1) is 14.8. The van der Waals surface area contributed by atoms with E-state index in [-0.39, 0.29) is 27.9 Å². The highest BCUT2D eigenvalue weighted by Gasteiger charge is 2.31. The van der Waals surface area contributed by atoms with Crippen molar-refractivity contribution in [2.24, 2.45) is 0 Å². The summed E-state index contributed by atoms with van der Waals surface area (Å²) in [6, 6.07) is 11.5. The monoisotopic (exact) mass is 446 g/mol. The van der Waals surface area contributed by atoms with Gasteiger partial charge in [-0.1, -0.05) is 31.4 Å². The largest absolute Gasteiger partial charge is 0.508 e. The van der Waals surface area contributed by atoms with Crippen LogP contribution in [-0.4, -0.2) is 49.4 Å². The number of ether oxygens (including phenoxy) is 1. The van der Waals surface area contributed by atoms with Gasteiger partial charge in [0.25, 0.3) is 5.91 Å². The van der Waals surface area contributed by atoms with Crippen LogP contribution in [-0.2, 0) is 19.6 Å². The Kier molecular flexibility index (Phi) is 7.29. The molecular weight excluding hydrogens is 420 g/mol. The summed E-state index contributed by atoms with van der Waals surface area (Å²) in [5.41, 5.74) is 0.318. The molecule has 2 N–H and O–H groups in total. The van der Waals surface area contributed by atoms with Gasteiger partial charge < -0.3 is 15.2 Å². The first-order valence-electron chi connectivity index (χ1n) is 10.1. The molecular formula is C22H26N2O6S. The molecule has 1 aliphatic carbocycles. The number of aromatic hydroxyl groups is 1. The minimum absolute atomic E-state index is 0.00119. The fourth-order valence-electron chi connectivity index (χ4n) is 3.59. The molecule has 8 nitrogen and oxygen atoms in total. The lowest BCUT2D eigenvalue weighted by molar-refractivity contribution is -0.119. The van der Waals surface area contributed by atoms with Gasteiger partial charge in [-0.3, -0.25) is 4.79 Å². The van der Waals surface area contributed by atoms with Crippen LogP contribution in [0, 0.1) is 0 Å². The topological polar surface area (TPSA) is 113 Å². The predicted octanol–water partition coefficient (Wildman–Crippen LogP) is 3.14. The average molecular weight is 447 g/mol. The molecule has 1 aliphatic rings. The number of phenols is 1. The number of anilines is 1. The minimum Gasteiger partial charge on any atom is -0.508 e. The molecule has 0 atom stereocenters. The molecule has 0 unspecified atom stereocenters. The molecule has 9 heteroatoms. The summed E-state index contributed by atoms with van der Waals surface area (Å²) < 4.78 is 32.7. The summed E-state index contributed by atoms with van der Waals surface area (Å²) in [4.78, 5) is 24.3. The van der Waals surface area contributed by atoms with E-state index in [1.54, 1.807) is 19.2 Å². The number of nitrogens with one attached hydrogen (secondary N) is 1. The summed E-state index contributed by atoms with van der Waals surface area (Å²) in [5, 5.41) is 11.8.